The van der Waals surface area contributed by atoms with Crippen molar-refractivity contribution in [3.05, 3.63) is 94.9 Å². The maximum Gasteiger partial charge on any atom is 0.129 e. The molecule has 0 amide bonds. The monoisotopic (exact) mass is 385 g/mol. The summed E-state index contributed by atoms with van der Waals surface area (Å²) in [4.78, 5) is 11.4. The lowest BCUT2D eigenvalue weighted by molar-refractivity contribution is 0.287. The first kappa shape index (κ1) is 17.4. The molecular weight excluding hydrogens is 366 g/mol. The van der Waals surface area contributed by atoms with E-state index in [1.165, 1.54) is 22.1 Å². The van der Waals surface area contributed by atoms with Crippen LogP contribution in [0.4, 0.5) is 0 Å². The van der Waals surface area contributed by atoms with Crippen molar-refractivity contribution in [2.24, 2.45) is 0 Å². The largest absolute Gasteiger partial charge is 0.294 e. The van der Waals surface area contributed by atoms with Crippen LogP contribution in [0.3, 0.4) is 0 Å². The number of nitrogens with zero attached hydrogens (tertiary/aromatic N) is 3. The Labute approximate surface area is 169 Å². The van der Waals surface area contributed by atoms with Crippen LogP contribution < -0.4 is 0 Å². The first-order chi connectivity index (χ1) is 13.8. The van der Waals surface area contributed by atoms with Gasteiger partial charge in [-0.05, 0) is 46.5 Å². The standard InChI is InChI=1S/C24H20ClN3/c25-24-14-18(10-12-26-24)21-6-3-5-19-15-28(16-22(19)21)13-11-20-9-8-17-4-1-2-7-23(17)27-20/h1-10,12,14H,11,13,15-16H2. The van der Waals surface area contributed by atoms with Crippen molar-refractivity contribution < 1.29 is 0 Å². The van der Waals surface area contributed by atoms with Gasteiger partial charge < -0.3 is 0 Å². The molecule has 138 valence electrons. The maximum atomic E-state index is 6.10. The van der Waals surface area contributed by atoms with Crippen molar-refractivity contribution in [3.8, 4) is 11.1 Å². The Morgan fingerprint density at radius 2 is 1.86 bits per heavy atom. The highest BCUT2D eigenvalue weighted by Crippen LogP contribution is 2.33. The summed E-state index contributed by atoms with van der Waals surface area (Å²) in [7, 11) is 0. The van der Waals surface area contributed by atoms with Gasteiger partial charge in [-0.3, -0.25) is 9.88 Å². The van der Waals surface area contributed by atoms with E-state index in [0.717, 1.165) is 42.8 Å². The predicted octanol–water partition coefficient (Wildman–Crippen LogP) is 5.51. The topological polar surface area (TPSA) is 29.0 Å². The van der Waals surface area contributed by atoms with E-state index in [0.29, 0.717) is 5.15 Å². The highest BCUT2D eigenvalue weighted by atomic mass is 35.5. The summed E-state index contributed by atoms with van der Waals surface area (Å²) in [6, 6.07) is 23.1. The molecule has 5 rings (SSSR count). The minimum absolute atomic E-state index is 0.535. The number of rotatable bonds is 4. The third-order valence-corrected chi connectivity index (χ3v) is 5.63. The molecule has 0 saturated carbocycles. The molecule has 2 aromatic carbocycles. The van der Waals surface area contributed by atoms with Crippen molar-refractivity contribution in [1.29, 1.82) is 0 Å². The van der Waals surface area contributed by atoms with E-state index in [-0.39, 0.29) is 0 Å². The first-order valence-corrected chi connectivity index (χ1v) is 9.94. The van der Waals surface area contributed by atoms with Crippen LogP contribution in [0.1, 0.15) is 16.8 Å². The molecule has 0 spiro atoms. The van der Waals surface area contributed by atoms with Gasteiger partial charge in [-0.15, -0.1) is 0 Å². The second-order valence-corrected chi connectivity index (χ2v) is 7.65. The Kier molecular flexibility index (Phi) is 4.55. The van der Waals surface area contributed by atoms with E-state index in [1.807, 2.05) is 18.2 Å². The van der Waals surface area contributed by atoms with Gasteiger partial charge in [0.05, 0.1) is 5.52 Å². The van der Waals surface area contributed by atoms with Gasteiger partial charge >= 0.3 is 0 Å². The molecule has 0 fully saturated rings. The average molecular weight is 386 g/mol. The Hall–Kier alpha value is -2.75. The molecule has 0 atom stereocenters. The van der Waals surface area contributed by atoms with Gasteiger partial charge in [-0.2, -0.15) is 0 Å². The van der Waals surface area contributed by atoms with Crippen LogP contribution in [0.25, 0.3) is 22.0 Å². The normalized spacial score (nSPS) is 13.8. The molecule has 3 nitrogen and oxygen atoms in total. The van der Waals surface area contributed by atoms with Crippen LogP contribution in [0.2, 0.25) is 5.15 Å². The van der Waals surface area contributed by atoms with Crippen LogP contribution in [0.15, 0.2) is 72.9 Å². The second-order valence-electron chi connectivity index (χ2n) is 7.27. The molecule has 3 heterocycles. The zero-order valence-corrected chi connectivity index (χ0v) is 16.2. The Balaban J connectivity index is 1.33. The second kappa shape index (κ2) is 7.34. The number of benzene rings is 2. The van der Waals surface area contributed by atoms with E-state index in [2.05, 4.69) is 58.4 Å². The molecule has 0 saturated heterocycles. The van der Waals surface area contributed by atoms with Crippen LogP contribution in [0, 0.1) is 0 Å². The van der Waals surface area contributed by atoms with E-state index >= 15 is 0 Å². The van der Waals surface area contributed by atoms with Crippen LogP contribution in [-0.4, -0.2) is 21.4 Å². The quantitative estimate of drug-likeness (QED) is 0.434. The molecule has 28 heavy (non-hydrogen) atoms. The van der Waals surface area contributed by atoms with Gasteiger partial charge in [0.1, 0.15) is 5.15 Å². The molecule has 4 heteroatoms. The van der Waals surface area contributed by atoms with Gasteiger partial charge in [0, 0.05) is 43.3 Å². The fourth-order valence-electron chi connectivity index (χ4n) is 4.01. The summed E-state index contributed by atoms with van der Waals surface area (Å²) in [5.41, 5.74) is 7.41. The van der Waals surface area contributed by atoms with Crippen LogP contribution in [-0.2, 0) is 19.5 Å². The van der Waals surface area contributed by atoms with Gasteiger partial charge in [0.15, 0.2) is 0 Å². The minimum Gasteiger partial charge on any atom is -0.294 e. The lowest BCUT2D eigenvalue weighted by Crippen LogP contribution is -2.19. The van der Waals surface area contributed by atoms with Crippen molar-refractivity contribution in [1.82, 2.24) is 14.9 Å². The lowest BCUT2D eigenvalue weighted by atomic mass is 9.98. The summed E-state index contributed by atoms with van der Waals surface area (Å²) in [6.07, 6.45) is 2.73. The summed E-state index contributed by atoms with van der Waals surface area (Å²) in [5, 5.41) is 1.73. The molecule has 0 unspecified atom stereocenters. The van der Waals surface area contributed by atoms with Gasteiger partial charge in [0.2, 0.25) is 0 Å². The number of hydrogen-bond donors (Lipinski definition) is 0. The summed E-state index contributed by atoms with van der Waals surface area (Å²) < 4.78 is 0. The fraction of sp³-hybridized carbons (Fsp3) is 0.167. The molecule has 1 aliphatic heterocycles. The third-order valence-electron chi connectivity index (χ3n) is 5.43. The zero-order chi connectivity index (χ0) is 18.9. The van der Waals surface area contributed by atoms with Gasteiger partial charge in [-0.1, -0.05) is 54.1 Å². The van der Waals surface area contributed by atoms with E-state index in [9.17, 15) is 0 Å². The van der Waals surface area contributed by atoms with Crippen LogP contribution >= 0.6 is 11.6 Å². The number of para-hydroxylation sites is 1. The summed E-state index contributed by atoms with van der Waals surface area (Å²) in [5.74, 6) is 0. The van der Waals surface area contributed by atoms with Gasteiger partial charge in [-0.25, -0.2) is 4.98 Å². The molecule has 0 aliphatic carbocycles. The van der Waals surface area contributed by atoms with Crippen molar-refractivity contribution in [2.45, 2.75) is 19.5 Å². The number of halogens is 1. The molecule has 2 aromatic heterocycles. The fourth-order valence-corrected chi connectivity index (χ4v) is 4.18. The average Bonchev–Trinajstić information content (AvgIpc) is 3.15. The third kappa shape index (κ3) is 3.39. The van der Waals surface area contributed by atoms with Crippen molar-refractivity contribution >= 4 is 22.5 Å². The molecule has 4 aromatic rings. The predicted molar refractivity (Wildman–Crippen MR) is 114 cm³/mol. The molecule has 0 bridgehead atoms. The minimum atomic E-state index is 0.535. The number of pyridine rings is 2. The maximum absolute atomic E-state index is 6.10. The number of aromatic nitrogens is 2. The molecule has 1 aliphatic rings. The molecular formula is C24H20ClN3. The lowest BCUT2D eigenvalue weighted by Gasteiger charge is -2.15. The highest BCUT2D eigenvalue weighted by Gasteiger charge is 2.22. The van der Waals surface area contributed by atoms with E-state index < -0.39 is 0 Å². The number of fused-ring (bicyclic) bond motifs is 2. The summed E-state index contributed by atoms with van der Waals surface area (Å²) in [6.45, 7) is 2.94. The van der Waals surface area contributed by atoms with Crippen molar-refractivity contribution in [3.63, 3.8) is 0 Å². The van der Waals surface area contributed by atoms with E-state index in [4.69, 9.17) is 16.6 Å². The SMILES string of the molecule is Clc1cc(-c2cccc3c2CN(CCc2ccc4ccccc4n2)C3)ccn1. The molecule has 0 N–H and O–H groups in total. The van der Waals surface area contributed by atoms with E-state index in [1.54, 1.807) is 6.20 Å². The zero-order valence-electron chi connectivity index (χ0n) is 15.5. The Morgan fingerprint density at radius 1 is 0.929 bits per heavy atom. The van der Waals surface area contributed by atoms with Crippen LogP contribution in [0.5, 0.6) is 0 Å². The first-order valence-electron chi connectivity index (χ1n) is 9.56. The van der Waals surface area contributed by atoms with Crippen molar-refractivity contribution in [2.75, 3.05) is 6.54 Å². The Morgan fingerprint density at radius 3 is 2.79 bits per heavy atom. The summed E-state index contributed by atoms with van der Waals surface area (Å²) >= 11 is 6.10. The smallest absolute Gasteiger partial charge is 0.129 e. The highest BCUT2D eigenvalue weighted by molar-refractivity contribution is 6.29. The molecule has 0 radical (unpaired) electrons. The number of hydrogen-bond acceptors (Lipinski definition) is 3. The Bertz CT molecular complexity index is 1160. The van der Waals surface area contributed by atoms with Gasteiger partial charge in [0.25, 0.3) is 0 Å².